The molecule has 3 N–H and O–H groups in total. The van der Waals surface area contributed by atoms with E-state index in [9.17, 15) is 13.6 Å². The van der Waals surface area contributed by atoms with Gasteiger partial charge in [-0.15, -0.1) is 0 Å². The maximum Gasteiger partial charge on any atom is 0.274 e. The van der Waals surface area contributed by atoms with E-state index in [0.717, 1.165) is 6.07 Å². The fraction of sp³-hybridized carbons (Fsp3) is 0.235. The summed E-state index contributed by atoms with van der Waals surface area (Å²) >= 11 is 5.74. The third kappa shape index (κ3) is 3.51. The molecule has 1 aliphatic rings. The third-order valence-electron chi connectivity index (χ3n) is 3.92. The van der Waals surface area contributed by atoms with Gasteiger partial charge in [-0.05, 0) is 37.3 Å². The number of nitrogens with two attached hydrogens (primary N) is 1. The van der Waals surface area contributed by atoms with E-state index in [0.29, 0.717) is 5.02 Å². The van der Waals surface area contributed by atoms with Crippen LogP contribution in [0.25, 0.3) is 0 Å². The first-order chi connectivity index (χ1) is 12.3. The average molecular weight is 381 g/mol. The number of anilines is 1. The number of aliphatic imine (C=N–C) groups is 1. The molecule has 136 valence electrons. The Labute approximate surface area is 153 Å². The van der Waals surface area contributed by atoms with Gasteiger partial charge in [0.25, 0.3) is 5.91 Å². The van der Waals surface area contributed by atoms with Gasteiger partial charge in [0.15, 0.2) is 0 Å². The second kappa shape index (κ2) is 6.97. The molecule has 26 heavy (non-hydrogen) atoms. The molecule has 1 aromatic heterocycles. The van der Waals surface area contributed by atoms with Crippen molar-refractivity contribution in [3.63, 3.8) is 0 Å². The summed E-state index contributed by atoms with van der Waals surface area (Å²) in [5, 5.41) is 2.96. The predicted octanol–water partition coefficient (Wildman–Crippen LogP) is 3.02. The van der Waals surface area contributed by atoms with Gasteiger partial charge >= 0.3 is 0 Å². The molecular weight excluding hydrogens is 366 g/mol. The molecule has 0 saturated heterocycles. The molecule has 6 nitrogen and oxygen atoms in total. The van der Waals surface area contributed by atoms with Gasteiger partial charge in [0.1, 0.15) is 29.5 Å². The summed E-state index contributed by atoms with van der Waals surface area (Å²) in [5.41, 5.74) is 4.23. The van der Waals surface area contributed by atoms with Gasteiger partial charge < -0.3 is 15.8 Å². The molecule has 9 heteroatoms. The smallest absolute Gasteiger partial charge is 0.274 e. The van der Waals surface area contributed by atoms with Gasteiger partial charge in [0.05, 0.1) is 5.02 Å². The van der Waals surface area contributed by atoms with Crippen LogP contribution in [0, 0.1) is 5.82 Å². The number of amidine groups is 1. The van der Waals surface area contributed by atoms with E-state index in [2.05, 4.69) is 15.3 Å². The second-order valence-electron chi connectivity index (χ2n) is 5.89. The Morgan fingerprint density at radius 2 is 2.19 bits per heavy atom. The van der Waals surface area contributed by atoms with Crippen LogP contribution in [0.1, 0.15) is 23.0 Å². The Kier molecular flexibility index (Phi) is 4.88. The van der Waals surface area contributed by atoms with E-state index in [1.54, 1.807) is 0 Å². The zero-order chi connectivity index (χ0) is 18.9. The molecule has 1 aromatic carbocycles. The van der Waals surface area contributed by atoms with Gasteiger partial charge in [0.2, 0.25) is 6.36 Å². The molecule has 0 saturated carbocycles. The van der Waals surface area contributed by atoms with E-state index in [1.165, 1.54) is 37.4 Å². The van der Waals surface area contributed by atoms with Gasteiger partial charge in [-0.2, -0.15) is 0 Å². The van der Waals surface area contributed by atoms with Crippen molar-refractivity contribution < 1.29 is 18.3 Å². The van der Waals surface area contributed by atoms with Crippen LogP contribution in [0.5, 0.6) is 0 Å². The quantitative estimate of drug-likeness (QED) is 0.856. The van der Waals surface area contributed by atoms with Crippen LogP contribution in [-0.2, 0) is 10.3 Å². The van der Waals surface area contributed by atoms with Gasteiger partial charge in [-0.3, -0.25) is 9.79 Å². The van der Waals surface area contributed by atoms with Crippen molar-refractivity contribution in [3.05, 3.63) is 58.6 Å². The molecule has 2 aromatic rings. The topological polar surface area (TPSA) is 89.6 Å². The fourth-order valence-corrected chi connectivity index (χ4v) is 2.69. The molecule has 2 atom stereocenters. The number of ether oxygens (including phenoxy) is 1. The molecule has 1 amide bonds. The Hall–Kier alpha value is -2.58. The second-order valence-corrected chi connectivity index (χ2v) is 6.32. The van der Waals surface area contributed by atoms with Crippen molar-refractivity contribution in [1.82, 2.24) is 4.98 Å². The summed E-state index contributed by atoms with van der Waals surface area (Å²) in [6.45, 7) is 1.20. The number of halogens is 3. The minimum atomic E-state index is -1.88. The van der Waals surface area contributed by atoms with Crippen molar-refractivity contribution >= 4 is 29.0 Å². The predicted molar refractivity (Wildman–Crippen MR) is 93.4 cm³/mol. The first-order valence-corrected chi connectivity index (χ1v) is 8.00. The van der Waals surface area contributed by atoms with E-state index < -0.39 is 23.6 Å². The monoisotopic (exact) mass is 380 g/mol. The van der Waals surface area contributed by atoms with Crippen LogP contribution < -0.4 is 11.1 Å². The van der Waals surface area contributed by atoms with Crippen molar-refractivity contribution in [1.29, 1.82) is 0 Å². The van der Waals surface area contributed by atoms with E-state index >= 15 is 0 Å². The highest BCUT2D eigenvalue weighted by molar-refractivity contribution is 6.30. The normalized spacial score (nSPS) is 22.6. The van der Waals surface area contributed by atoms with Crippen LogP contribution in [0.2, 0.25) is 5.02 Å². The molecule has 1 unspecified atom stereocenters. The number of rotatable bonds is 3. The number of aromatic nitrogens is 1. The first kappa shape index (κ1) is 18.2. The molecule has 3 rings (SSSR count). The van der Waals surface area contributed by atoms with Crippen LogP contribution in [0.4, 0.5) is 14.5 Å². The maximum atomic E-state index is 14.3. The van der Waals surface area contributed by atoms with Crippen molar-refractivity contribution in [2.45, 2.75) is 18.8 Å². The Balaban J connectivity index is 1.92. The molecular formula is C17H15ClF2N4O2. The van der Waals surface area contributed by atoms with Crippen LogP contribution in [0.15, 0.2) is 41.5 Å². The van der Waals surface area contributed by atoms with Crippen molar-refractivity contribution in [2.24, 2.45) is 10.7 Å². The molecule has 0 fully saturated rings. The molecule has 2 heterocycles. The zero-order valence-corrected chi connectivity index (χ0v) is 14.4. The number of pyridine rings is 1. The standard InChI is InChI=1S/C17H15ClF2N4O2/c1-17(16(20)26-8-14(21)24-17)11-6-10(3-4-12(11)19)23-15(25)13-5-2-9(18)7-22-13/h2-7,16H,8H2,1H3,(H2,21,24)(H,23,25)/t16-,17?/m0/s1. The number of alkyl halides is 1. The van der Waals surface area contributed by atoms with Crippen molar-refractivity contribution in [2.75, 3.05) is 11.9 Å². The highest BCUT2D eigenvalue weighted by atomic mass is 35.5. The number of carbonyl (C=O) groups excluding carboxylic acids is 1. The summed E-state index contributed by atoms with van der Waals surface area (Å²) in [7, 11) is 0. The lowest BCUT2D eigenvalue weighted by Gasteiger charge is -2.33. The molecule has 0 bridgehead atoms. The van der Waals surface area contributed by atoms with Crippen molar-refractivity contribution in [3.8, 4) is 0 Å². The lowest BCUT2D eigenvalue weighted by Crippen LogP contribution is -2.43. The summed E-state index contributed by atoms with van der Waals surface area (Å²) < 4.78 is 33.6. The molecule has 0 spiro atoms. The number of amides is 1. The van der Waals surface area contributed by atoms with Crippen LogP contribution >= 0.6 is 11.6 Å². The first-order valence-electron chi connectivity index (χ1n) is 7.62. The lowest BCUT2D eigenvalue weighted by atomic mass is 9.90. The van der Waals surface area contributed by atoms with E-state index in [4.69, 9.17) is 22.1 Å². The number of nitrogens with zero attached hydrogens (tertiary/aromatic N) is 2. The number of benzene rings is 1. The largest absolute Gasteiger partial charge is 0.385 e. The van der Waals surface area contributed by atoms with Gasteiger partial charge in [-0.25, -0.2) is 13.8 Å². The lowest BCUT2D eigenvalue weighted by molar-refractivity contribution is -0.0805. The minimum absolute atomic E-state index is 0.0561. The zero-order valence-electron chi connectivity index (χ0n) is 13.7. The summed E-state index contributed by atoms with van der Waals surface area (Å²) in [6, 6.07) is 6.71. The Bertz CT molecular complexity index is 876. The number of hydrogen-bond acceptors (Lipinski definition) is 5. The molecule has 0 aliphatic carbocycles. The van der Waals surface area contributed by atoms with Crippen LogP contribution in [-0.4, -0.2) is 29.7 Å². The van der Waals surface area contributed by atoms with E-state index in [-0.39, 0.29) is 29.4 Å². The number of carbonyl (C=O) groups is 1. The summed E-state index contributed by atoms with van der Waals surface area (Å²) in [4.78, 5) is 20.2. The number of nitrogens with one attached hydrogen (secondary N) is 1. The summed E-state index contributed by atoms with van der Waals surface area (Å²) in [5.74, 6) is -1.16. The van der Waals surface area contributed by atoms with Gasteiger partial charge in [0, 0.05) is 17.4 Å². The average Bonchev–Trinajstić information content (AvgIpc) is 2.60. The highest BCUT2D eigenvalue weighted by Crippen LogP contribution is 2.37. The van der Waals surface area contributed by atoms with Crippen LogP contribution in [0.3, 0.4) is 0 Å². The van der Waals surface area contributed by atoms with Gasteiger partial charge in [-0.1, -0.05) is 11.6 Å². The summed E-state index contributed by atoms with van der Waals surface area (Å²) in [6.07, 6.45) is -0.550. The third-order valence-corrected chi connectivity index (χ3v) is 4.15. The Morgan fingerprint density at radius 3 is 2.88 bits per heavy atom. The Morgan fingerprint density at radius 1 is 1.42 bits per heavy atom. The minimum Gasteiger partial charge on any atom is -0.385 e. The molecule has 1 aliphatic heterocycles. The fourth-order valence-electron chi connectivity index (χ4n) is 2.58. The highest BCUT2D eigenvalue weighted by Gasteiger charge is 2.42. The number of hydrogen-bond donors (Lipinski definition) is 2. The molecule has 0 radical (unpaired) electrons. The van der Waals surface area contributed by atoms with E-state index in [1.807, 2.05) is 0 Å². The maximum absolute atomic E-state index is 14.3. The SMILES string of the molecule is CC1(c2cc(NC(=O)c3ccc(Cl)cn3)ccc2F)N=C(N)CO[C@@H]1F.